The van der Waals surface area contributed by atoms with E-state index in [1.54, 1.807) is 26.0 Å². The van der Waals surface area contributed by atoms with Gasteiger partial charge in [0.2, 0.25) is 0 Å². The fraction of sp³-hybridized carbons (Fsp3) is 0.429. The van der Waals surface area contributed by atoms with Crippen LogP contribution >= 0.6 is 0 Å². The molecule has 1 aliphatic rings. The Morgan fingerprint density at radius 3 is 2.32 bits per heavy atom. The number of carbonyl (C=O) groups is 2. The van der Waals surface area contributed by atoms with Gasteiger partial charge in [0.15, 0.2) is 0 Å². The maximum absolute atomic E-state index is 12.2. The highest BCUT2D eigenvalue weighted by atomic mass is 16.6. The first kappa shape index (κ1) is 13.5. The SMILES string of the molecule is CCOC(=O)C1(C(=O)OCC)OCc2ccccc21. The number of hydrogen-bond donors (Lipinski definition) is 0. The number of carbonyl (C=O) groups excluding carboxylic acids is 2. The molecule has 0 saturated heterocycles. The molecule has 0 aromatic heterocycles. The van der Waals surface area contributed by atoms with Gasteiger partial charge in [-0.25, -0.2) is 9.59 Å². The van der Waals surface area contributed by atoms with E-state index in [1.165, 1.54) is 0 Å². The highest BCUT2D eigenvalue weighted by molar-refractivity contribution is 6.05. The van der Waals surface area contributed by atoms with Crippen LogP contribution in [-0.2, 0) is 36.0 Å². The molecule has 0 bridgehead atoms. The summed E-state index contributed by atoms with van der Waals surface area (Å²) in [5, 5.41) is 0. The normalized spacial score (nSPS) is 15.7. The van der Waals surface area contributed by atoms with Crippen LogP contribution in [0.5, 0.6) is 0 Å². The van der Waals surface area contributed by atoms with Crippen LogP contribution in [0, 0.1) is 0 Å². The van der Waals surface area contributed by atoms with E-state index < -0.39 is 17.5 Å². The fourth-order valence-electron chi connectivity index (χ4n) is 2.14. The van der Waals surface area contributed by atoms with Crippen molar-refractivity contribution in [3.63, 3.8) is 0 Å². The summed E-state index contributed by atoms with van der Waals surface area (Å²) < 4.78 is 15.5. The third-order valence-electron chi connectivity index (χ3n) is 2.97. The van der Waals surface area contributed by atoms with Gasteiger partial charge in [-0.2, -0.15) is 0 Å². The second kappa shape index (κ2) is 5.40. The summed E-state index contributed by atoms with van der Waals surface area (Å²) in [6.07, 6.45) is 0. The van der Waals surface area contributed by atoms with Crippen molar-refractivity contribution in [3.8, 4) is 0 Å². The van der Waals surface area contributed by atoms with Gasteiger partial charge in [-0.05, 0) is 19.4 Å². The first-order chi connectivity index (χ1) is 9.16. The molecule has 0 aliphatic carbocycles. The maximum atomic E-state index is 12.2. The molecule has 1 heterocycles. The minimum Gasteiger partial charge on any atom is -0.463 e. The number of ether oxygens (including phenoxy) is 3. The Kier molecular flexibility index (Phi) is 3.85. The number of esters is 2. The van der Waals surface area contributed by atoms with Crippen LogP contribution in [0.15, 0.2) is 24.3 Å². The van der Waals surface area contributed by atoms with E-state index in [0.717, 1.165) is 5.56 Å². The van der Waals surface area contributed by atoms with Crippen LogP contribution in [0.3, 0.4) is 0 Å². The van der Waals surface area contributed by atoms with E-state index in [4.69, 9.17) is 14.2 Å². The highest BCUT2D eigenvalue weighted by Gasteiger charge is 2.56. The Hall–Kier alpha value is -1.88. The van der Waals surface area contributed by atoms with Crippen molar-refractivity contribution in [3.05, 3.63) is 35.4 Å². The average Bonchev–Trinajstić information content (AvgIpc) is 2.80. The lowest BCUT2D eigenvalue weighted by molar-refractivity contribution is -0.191. The van der Waals surface area contributed by atoms with Gasteiger partial charge in [0.1, 0.15) is 0 Å². The van der Waals surface area contributed by atoms with Gasteiger partial charge in [0, 0.05) is 5.56 Å². The monoisotopic (exact) mass is 264 g/mol. The molecule has 1 aromatic rings. The fourth-order valence-corrected chi connectivity index (χ4v) is 2.14. The summed E-state index contributed by atoms with van der Waals surface area (Å²) >= 11 is 0. The Bertz CT molecular complexity index is 476. The summed E-state index contributed by atoms with van der Waals surface area (Å²) in [5.74, 6) is -1.45. The van der Waals surface area contributed by atoms with Crippen LogP contribution in [0.2, 0.25) is 0 Å². The van der Waals surface area contributed by atoms with Crippen molar-refractivity contribution >= 4 is 11.9 Å². The molecule has 0 amide bonds. The third kappa shape index (κ3) is 2.10. The minimum absolute atomic E-state index is 0.172. The second-order valence-corrected chi connectivity index (χ2v) is 4.07. The molecule has 2 rings (SSSR count). The Morgan fingerprint density at radius 1 is 1.16 bits per heavy atom. The number of rotatable bonds is 4. The Morgan fingerprint density at radius 2 is 1.74 bits per heavy atom. The summed E-state index contributed by atoms with van der Waals surface area (Å²) in [6.45, 7) is 3.89. The van der Waals surface area contributed by atoms with E-state index in [2.05, 4.69) is 0 Å². The van der Waals surface area contributed by atoms with Gasteiger partial charge in [-0.1, -0.05) is 24.3 Å². The molecular formula is C14H16O5. The average molecular weight is 264 g/mol. The molecule has 0 spiro atoms. The van der Waals surface area contributed by atoms with Crippen LogP contribution in [-0.4, -0.2) is 25.2 Å². The standard InChI is InChI=1S/C14H16O5/c1-3-17-12(15)14(13(16)18-4-2)11-8-6-5-7-10(11)9-19-14/h5-8H,3-4,9H2,1-2H3. The van der Waals surface area contributed by atoms with Crippen LogP contribution in [0.4, 0.5) is 0 Å². The molecule has 0 saturated carbocycles. The smallest absolute Gasteiger partial charge is 0.355 e. The summed E-state index contributed by atoms with van der Waals surface area (Å²) in [6, 6.07) is 7.08. The van der Waals surface area contributed by atoms with Crippen molar-refractivity contribution in [2.45, 2.75) is 26.1 Å². The lowest BCUT2D eigenvalue weighted by atomic mass is 9.92. The number of fused-ring (bicyclic) bond motifs is 1. The predicted molar refractivity (Wildman–Crippen MR) is 66.2 cm³/mol. The Balaban J connectivity index is 2.48. The third-order valence-corrected chi connectivity index (χ3v) is 2.97. The zero-order valence-corrected chi connectivity index (χ0v) is 11.0. The molecule has 1 aliphatic heterocycles. The zero-order chi connectivity index (χ0) is 13.9. The molecule has 0 fully saturated rings. The van der Waals surface area contributed by atoms with Gasteiger partial charge < -0.3 is 14.2 Å². The van der Waals surface area contributed by atoms with Gasteiger partial charge in [0.25, 0.3) is 5.60 Å². The maximum Gasteiger partial charge on any atom is 0.355 e. The van der Waals surface area contributed by atoms with Gasteiger partial charge in [0.05, 0.1) is 19.8 Å². The van der Waals surface area contributed by atoms with Gasteiger partial charge in [-0.3, -0.25) is 0 Å². The molecule has 5 heteroatoms. The van der Waals surface area contributed by atoms with Crippen LogP contribution in [0.1, 0.15) is 25.0 Å². The Labute approximate surface area is 111 Å². The van der Waals surface area contributed by atoms with Crippen molar-refractivity contribution in [1.82, 2.24) is 0 Å². The van der Waals surface area contributed by atoms with E-state index in [-0.39, 0.29) is 19.8 Å². The number of hydrogen-bond acceptors (Lipinski definition) is 5. The van der Waals surface area contributed by atoms with E-state index in [1.807, 2.05) is 12.1 Å². The summed E-state index contributed by atoms with van der Waals surface area (Å²) in [4.78, 5) is 24.4. The molecule has 19 heavy (non-hydrogen) atoms. The lowest BCUT2D eigenvalue weighted by Crippen LogP contribution is -2.46. The van der Waals surface area contributed by atoms with Gasteiger partial charge in [-0.15, -0.1) is 0 Å². The minimum atomic E-state index is -1.78. The highest BCUT2D eigenvalue weighted by Crippen LogP contribution is 2.38. The predicted octanol–water partition coefficient (Wildman–Crippen LogP) is 1.54. The van der Waals surface area contributed by atoms with Crippen molar-refractivity contribution < 1.29 is 23.8 Å². The number of benzene rings is 1. The molecule has 0 unspecified atom stereocenters. The molecule has 0 N–H and O–H groups in total. The lowest BCUT2D eigenvalue weighted by Gasteiger charge is -2.24. The van der Waals surface area contributed by atoms with E-state index in [9.17, 15) is 9.59 Å². The summed E-state index contributed by atoms with van der Waals surface area (Å²) in [5.41, 5.74) is -0.474. The molecule has 5 nitrogen and oxygen atoms in total. The van der Waals surface area contributed by atoms with Crippen molar-refractivity contribution in [2.75, 3.05) is 13.2 Å². The van der Waals surface area contributed by atoms with Gasteiger partial charge >= 0.3 is 11.9 Å². The molecule has 102 valence electrons. The molecule has 0 atom stereocenters. The molecule has 0 radical (unpaired) electrons. The molecular weight excluding hydrogens is 248 g/mol. The molecule has 1 aromatic carbocycles. The first-order valence-electron chi connectivity index (χ1n) is 6.23. The topological polar surface area (TPSA) is 61.8 Å². The van der Waals surface area contributed by atoms with Crippen molar-refractivity contribution in [2.24, 2.45) is 0 Å². The van der Waals surface area contributed by atoms with E-state index >= 15 is 0 Å². The zero-order valence-electron chi connectivity index (χ0n) is 11.0. The largest absolute Gasteiger partial charge is 0.463 e. The van der Waals surface area contributed by atoms with Crippen molar-refractivity contribution in [1.29, 1.82) is 0 Å². The quantitative estimate of drug-likeness (QED) is 0.609. The summed E-state index contributed by atoms with van der Waals surface area (Å²) in [7, 11) is 0. The van der Waals surface area contributed by atoms with Crippen LogP contribution < -0.4 is 0 Å². The first-order valence-corrected chi connectivity index (χ1v) is 6.23. The van der Waals surface area contributed by atoms with E-state index in [0.29, 0.717) is 5.56 Å². The van der Waals surface area contributed by atoms with Crippen LogP contribution in [0.25, 0.3) is 0 Å². The second-order valence-electron chi connectivity index (χ2n) is 4.07.